The van der Waals surface area contributed by atoms with Crippen molar-refractivity contribution in [1.82, 2.24) is 4.90 Å². The van der Waals surface area contributed by atoms with Crippen LogP contribution in [-0.4, -0.2) is 40.4 Å². The van der Waals surface area contributed by atoms with Crippen molar-refractivity contribution >= 4 is 17.8 Å². The molecule has 0 aromatic heterocycles. The largest absolute Gasteiger partial charge is 0.494 e. The molecule has 1 aromatic rings. The van der Waals surface area contributed by atoms with Crippen LogP contribution in [0, 0.1) is 5.41 Å². The monoisotopic (exact) mass is 333 g/mol. The van der Waals surface area contributed by atoms with Gasteiger partial charge in [0.2, 0.25) is 0 Å². The van der Waals surface area contributed by atoms with E-state index in [4.69, 9.17) is 4.74 Å². The van der Waals surface area contributed by atoms with Crippen LogP contribution in [0.1, 0.15) is 61.3 Å². The number of nitrogens with zero attached hydrogens (tertiary/aromatic N) is 1. The maximum Gasteiger partial charge on any atom is 0.327 e. The summed E-state index contributed by atoms with van der Waals surface area (Å²) in [5.41, 5.74) is -0.359. The molecule has 1 N–H and O–H groups in total. The molecule has 1 aromatic carbocycles. The van der Waals surface area contributed by atoms with E-state index in [0.29, 0.717) is 12.4 Å². The molecular weight excluding hydrogens is 310 g/mol. The molecule has 6 heteroatoms. The Balaban J connectivity index is 2.35. The quantitative estimate of drug-likeness (QED) is 0.639. The summed E-state index contributed by atoms with van der Waals surface area (Å²) in [6.45, 7) is 7.64. The molecule has 0 unspecified atom stereocenters. The summed E-state index contributed by atoms with van der Waals surface area (Å²) in [6, 6.07) is 3.45. The van der Waals surface area contributed by atoms with Gasteiger partial charge < -0.3 is 9.84 Å². The molecule has 0 bridgehead atoms. The van der Waals surface area contributed by atoms with Crippen LogP contribution in [0.4, 0.5) is 0 Å². The zero-order chi connectivity index (χ0) is 18.1. The highest BCUT2D eigenvalue weighted by molar-refractivity contribution is 6.22. The van der Waals surface area contributed by atoms with Crippen molar-refractivity contribution in [1.29, 1.82) is 0 Å². The van der Waals surface area contributed by atoms with Gasteiger partial charge in [-0.2, -0.15) is 0 Å². The predicted octanol–water partition coefficient (Wildman–Crippen LogP) is 2.96. The highest BCUT2D eigenvalue weighted by Crippen LogP contribution is 2.33. The molecule has 2 rings (SSSR count). The number of benzene rings is 1. The number of aliphatic carboxylic acids is 1. The lowest BCUT2D eigenvalue weighted by atomic mass is 9.85. The Hall–Kier alpha value is -2.37. The van der Waals surface area contributed by atoms with E-state index in [1.165, 1.54) is 12.1 Å². The Kier molecular flexibility index (Phi) is 4.96. The molecule has 6 nitrogen and oxygen atoms in total. The van der Waals surface area contributed by atoms with Gasteiger partial charge in [-0.25, -0.2) is 4.79 Å². The third-order valence-electron chi connectivity index (χ3n) is 3.97. The van der Waals surface area contributed by atoms with Crippen LogP contribution in [0.3, 0.4) is 0 Å². The van der Waals surface area contributed by atoms with Gasteiger partial charge in [0, 0.05) is 0 Å². The van der Waals surface area contributed by atoms with E-state index in [-0.39, 0.29) is 11.1 Å². The lowest BCUT2D eigenvalue weighted by Gasteiger charge is -2.33. The first kappa shape index (κ1) is 18.0. The summed E-state index contributed by atoms with van der Waals surface area (Å²) >= 11 is 0. The van der Waals surface area contributed by atoms with Crippen LogP contribution in [0.2, 0.25) is 0 Å². The van der Waals surface area contributed by atoms with E-state index in [9.17, 15) is 19.5 Å². The van der Waals surface area contributed by atoms with E-state index in [2.05, 4.69) is 0 Å². The van der Waals surface area contributed by atoms with Gasteiger partial charge >= 0.3 is 5.97 Å². The van der Waals surface area contributed by atoms with Crippen molar-refractivity contribution in [3.05, 3.63) is 29.3 Å². The molecular formula is C18H23NO5. The maximum absolute atomic E-state index is 12.7. The highest BCUT2D eigenvalue weighted by atomic mass is 16.5. The summed E-state index contributed by atoms with van der Waals surface area (Å²) in [7, 11) is 0. The van der Waals surface area contributed by atoms with Crippen molar-refractivity contribution < 1.29 is 24.2 Å². The number of carboxylic acids is 1. The number of amides is 2. The molecule has 0 saturated carbocycles. The van der Waals surface area contributed by atoms with Gasteiger partial charge in [0.25, 0.3) is 11.8 Å². The lowest BCUT2D eigenvalue weighted by molar-refractivity contribution is -0.145. The van der Waals surface area contributed by atoms with E-state index in [1.54, 1.807) is 26.8 Å². The van der Waals surface area contributed by atoms with Crippen molar-refractivity contribution in [3.8, 4) is 5.75 Å². The molecule has 24 heavy (non-hydrogen) atoms. The molecule has 130 valence electrons. The average molecular weight is 333 g/mol. The Labute approximate surface area is 141 Å². The van der Waals surface area contributed by atoms with Crippen LogP contribution < -0.4 is 4.74 Å². The van der Waals surface area contributed by atoms with E-state index >= 15 is 0 Å². The third-order valence-corrected chi connectivity index (χ3v) is 3.97. The summed E-state index contributed by atoms with van der Waals surface area (Å²) in [4.78, 5) is 37.7. The Morgan fingerprint density at radius 3 is 2.38 bits per heavy atom. The number of carbonyl (C=O) groups is 3. The topological polar surface area (TPSA) is 83.9 Å². The van der Waals surface area contributed by atoms with Crippen molar-refractivity contribution in [2.45, 2.75) is 46.6 Å². The van der Waals surface area contributed by atoms with E-state index in [1.807, 2.05) is 6.92 Å². The Morgan fingerprint density at radius 1 is 1.21 bits per heavy atom. The molecule has 1 atom stereocenters. The first-order chi connectivity index (χ1) is 11.2. The van der Waals surface area contributed by atoms with Crippen LogP contribution in [-0.2, 0) is 4.79 Å². The minimum Gasteiger partial charge on any atom is -0.494 e. The van der Waals surface area contributed by atoms with Gasteiger partial charge in [0.1, 0.15) is 11.8 Å². The van der Waals surface area contributed by atoms with Gasteiger partial charge in [-0.15, -0.1) is 0 Å². The molecule has 0 radical (unpaired) electrons. The molecule has 0 saturated heterocycles. The second-order valence-electron chi connectivity index (χ2n) is 7.00. The second kappa shape index (κ2) is 6.63. The number of imide groups is 1. The zero-order valence-electron chi connectivity index (χ0n) is 14.5. The fourth-order valence-electron chi connectivity index (χ4n) is 2.77. The predicted molar refractivity (Wildman–Crippen MR) is 88.2 cm³/mol. The van der Waals surface area contributed by atoms with Crippen LogP contribution in [0.5, 0.6) is 5.75 Å². The van der Waals surface area contributed by atoms with E-state index < -0.39 is 29.2 Å². The van der Waals surface area contributed by atoms with Gasteiger partial charge in [0.15, 0.2) is 0 Å². The minimum absolute atomic E-state index is 0.199. The Morgan fingerprint density at radius 2 is 1.83 bits per heavy atom. The maximum atomic E-state index is 12.7. The first-order valence-electron chi connectivity index (χ1n) is 8.06. The second-order valence-corrected chi connectivity index (χ2v) is 7.00. The van der Waals surface area contributed by atoms with Gasteiger partial charge in [0.05, 0.1) is 17.7 Å². The van der Waals surface area contributed by atoms with Crippen molar-refractivity contribution in [2.75, 3.05) is 6.61 Å². The molecule has 2 amide bonds. The normalized spacial score (nSPS) is 15.4. The van der Waals surface area contributed by atoms with Crippen LogP contribution in [0.25, 0.3) is 0 Å². The van der Waals surface area contributed by atoms with Crippen molar-refractivity contribution in [2.24, 2.45) is 5.41 Å². The number of carboxylic acid groups (broad SMARTS) is 1. The summed E-state index contributed by atoms with van der Waals surface area (Å²) in [5.74, 6) is -1.85. The van der Waals surface area contributed by atoms with Crippen LogP contribution in [0.15, 0.2) is 18.2 Å². The molecule has 0 fully saturated rings. The van der Waals surface area contributed by atoms with Crippen LogP contribution >= 0.6 is 0 Å². The number of hydrogen-bond donors (Lipinski definition) is 1. The highest BCUT2D eigenvalue weighted by Gasteiger charge is 2.47. The molecule has 1 aliphatic rings. The van der Waals surface area contributed by atoms with E-state index in [0.717, 1.165) is 17.7 Å². The summed E-state index contributed by atoms with van der Waals surface area (Å²) in [5, 5.41) is 9.51. The average Bonchev–Trinajstić information content (AvgIpc) is 2.71. The molecule has 0 spiro atoms. The smallest absolute Gasteiger partial charge is 0.327 e. The molecule has 0 aliphatic carbocycles. The first-order valence-corrected chi connectivity index (χ1v) is 8.06. The minimum atomic E-state index is -1.23. The standard InChI is InChI=1S/C18H23NO5/c1-5-6-9-24-11-7-8-12-13(10-11)16(21)19(15(12)20)14(17(22)23)18(2,3)4/h7-8,10,14H,5-6,9H2,1-4H3,(H,22,23)/t14-/m1/s1. The number of unbranched alkanes of at least 4 members (excludes halogenated alkanes) is 1. The van der Waals surface area contributed by atoms with Gasteiger partial charge in [-0.05, 0) is 30.0 Å². The number of hydrogen-bond acceptors (Lipinski definition) is 4. The third kappa shape index (κ3) is 3.27. The lowest BCUT2D eigenvalue weighted by Crippen LogP contribution is -2.51. The SMILES string of the molecule is CCCCOc1ccc2c(c1)C(=O)N([C@H](C(=O)O)C(C)(C)C)C2=O. The summed E-state index contributed by atoms with van der Waals surface area (Å²) < 4.78 is 5.57. The number of fused-ring (bicyclic) bond motifs is 1. The number of ether oxygens (including phenoxy) is 1. The summed E-state index contributed by atoms with van der Waals surface area (Å²) in [6.07, 6.45) is 1.88. The Bertz CT molecular complexity index is 674. The fraction of sp³-hybridized carbons (Fsp3) is 0.500. The molecule has 1 heterocycles. The van der Waals surface area contributed by atoms with Crippen molar-refractivity contribution in [3.63, 3.8) is 0 Å². The number of rotatable bonds is 6. The van der Waals surface area contributed by atoms with Gasteiger partial charge in [-0.1, -0.05) is 34.1 Å². The number of carbonyl (C=O) groups excluding carboxylic acids is 2. The fourth-order valence-corrected chi connectivity index (χ4v) is 2.77. The van der Waals surface area contributed by atoms with Gasteiger partial charge in [-0.3, -0.25) is 14.5 Å². The molecule has 1 aliphatic heterocycles. The zero-order valence-corrected chi connectivity index (χ0v) is 14.5.